The van der Waals surface area contributed by atoms with E-state index in [1.54, 1.807) is 6.21 Å². The lowest BCUT2D eigenvalue weighted by atomic mass is 10.0. The van der Waals surface area contributed by atoms with Gasteiger partial charge in [-0.15, -0.1) is 0 Å². The van der Waals surface area contributed by atoms with E-state index in [-0.39, 0.29) is 12.5 Å². The van der Waals surface area contributed by atoms with Crippen molar-refractivity contribution in [2.45, 2.75) is 26.7 Å². The van der Waals surface area contributed by atoms with Gasteiger partial charge in [-0.05, 0) is 76.4 Å². The summed E-state index contributed by atoms with van der Waals surface area (Å²) < 4.78 is 7.89. The van der Waals surface area contributed by atoms with E-state index in [0.29, 0.717) is 5.92 Å². The number of carbonyl (C=O) groups is 1. The molecule has 0 heterocycles. The second-order valence-electron chi connectivity index (χ2n) is 5.93. The average molecular weight is 515 g/mol. The van der Waals surface area contributed by atoms with Crippen molar-refractivity contribution in [2.75, 3.05) is 6.61 Å². The Morgan fingerprint density at radius 1 is 1.32 bits per heavy atom. The molecule has 0 radical (unpaired) electrons. The number of nitrogens with one attached hydrogen (secondary N) is 1. The number of rotatable bonds is 6. The lowest BCUT2D eigenvalue weighted by Crippen LogP contribution is -2.25. The van der Waals surface area contributed by atoms with Crippen molar-refractivity contribution >= 4 is 50.6 Å². The summed E-state index contributed by atoms with van der Waals surface area (Å²) >= 11 is 5.77. The van der Waals surface area contributed by atoms with Gasteiger partial charge in [-0.3, -0.25) is 4.79 Å². The molecule has 2 aromatic carbocycles. The molecule has 2 aromatic rings. The minimum absolute atomic E-state index is 0.0786. The number of halogens is 2. The van der Waals surface area contributed by atoms with E-state index in [2.05, 4.69) is 62.9 Å². The van der Waals surface area contributed by atoms with E-state index in [1.165, 1.54) is 0 Å². The van der Waals surface area contributed by atoms with Crippen molar-refractivity contribution in [1.29, 1.82) is 0 Å². The summed E-state index contributed by atoms with van der Waals surface area (Å²) in [6.07, 6.45) is 1.61. The maximum atomic E-state index is 11.9. The molecule has 0 saturated carbocycles. The zero-order chi connectivity index (χ0) is 18.4. The smallest absolute Gasteiger partial charge is 0.277 e. The van der Waals surface area contributed by atoms with Gasteiger partial charge >= 0.3 is 0 Å². The highest BCUT2D eigenvalue weighted by atomic mass is 127. The van der Waals surface area contributed by atoms with E-state index in [4.69, 9.17) is 4.74 Å². The van der Waals surface area contributed by atoms with E-state index in [9.17, 15) is 4.79 Å². The molecule has 6 heteroatoms. The van der Waals surface area contributed by atoms with Crippen molar-refractivity contribution in [3.8, 4) is 5.75 Å². The van der Waals surface area contributed by atoms with Crippen LogP contribution in [0, 0.1) is 10.5 Å². The molecule has 1 amide bonds. The van der Waals surface area contributed by atoms with Gasteiger partial charge in [-0.1, -0.05) is 41.9 Å². The topological polar surface area (TPSA) is 50.7 Å². The van der Waals surface area contributed by atoms with Gasteiger partial charge in [0.25, 0.3) is 5.91 Å². The van der Waals surface area contributed by atoms with Gasteiger partial charge in [0.2, 0.25) is 0 Å². The van der Waals surface area contributed by atoms with Gasteiger partial charge < -0.3 is 4.74 Å². The van der Waals surface area contributed by atoms with Crippen molar-refractivity contribution < 1.29 is 9.53 Å². The lowest BCUT2D eigenvalue weighted by molar-refractivity contribution is -0.123. The highest BCUT2D eigenvalue weighted by Crippen LogP contribution is 2.32. The largest absolute Gasteiger partial charge is 0.483 e. The first-order valence-electron chi connectivity index (χ1n) is 7.87. The van der Waals surface area contributed by atoms with Crippen LogP contribution < -0.4 is 10.2 Å². The maximum Gasteiger partial charge on any atom is 0.277 e. The number of carbonyl (C=O) groups excluding carboxylic acids is 1. The van der Waals surface area contributed by atoms with Crippen LogP contribution in [0.1, 0.15) is 36.5 Å². The molecule has 0 fully saturated rings. The average Bonchev–Trinajstić information content (AvgIpc) is 2.57. The molecule has 0 aliphatic carbocycles. The molecule has 0 saturated heterocycles. The second kappa shape index (κ2) is 9.33. The number of benzene rings is 2. The van der Waals surface area contributed by atoms with E-state index in [0.717, 1.165) is 30.5 Å². The summed E-state index contributed by atoms with van der Waals surface area (Å²) in [7, 11) is 0. The summed E-state index contributed by atoms with van der Waals surface area (Å²) in [4.78, 5) is 11.9. The highest BCUT2D eigenvalue weighted by molar-refractivity contribution is 14.1. The Labute approximate surface area is 170 Å². The molecule has 0 spiro atoms. The Balaban J connectivity index is 1.93. The molecule has 0 unspecified atom stereocenters. The number of nitrogens with zero attached hydrogens (tertiary/aromatic N) is 1. The number of hydrogen-bond acceptors (Lipinski definition) is 3. The number of hydrazone groups is 1. The standard InChI is InChI=1S/C19H20BrIN2O2/c1-12(2)16-9-17(20)13(3)8-18(16)25-11-19(24)23-22-10-14-4-6-15(21)7-5-14/h4-10,12H,11H2,1-3H3,(H,23,24)/b22-10+. The molecule has 132 valence electrons. The van der Waals surface area contributed by atoms with E-state index in [1.807, 2.05) is 43.3 Å². The molecule has 2 rings (SSSR count). The first-order valence-corrected chi connectivity index (χ1v) is 9.74. The Hall–Kier alpha value is -1.41. The van der Waals surface area contributed by atoms with E-state index >= 15 is 0 Å². The first kappa shape index (κ1) is 19.9. The Morgan fingerprint density at radius 2 is 2.00 bits per heavy atom. The van der Waals surface area contributed by atoms with Crippen LogP contribution in [0.5, 0.6) is 5.75 Å². The predicted octanol–water partition coefficient (Wildman–Crippen LogP) is 5.01. The molecule has 1 N–H and O–H groups in total. The van der Waals surface area contributed by atoms with Crippen LogP contribution in [-0.4, -0.2) is 18.7 Å². The van der Waals surface area contributed by atoms with Crippen molar-refractivity contribution in [3.05, 3.63) is 61.1 Å². The van der Waals surface area contributed by atoms with Crippen LogP contribution in [-0.2, 0) is 4.79 Å². The Kier molecular flexibility index (Phi) is 7.43. The fourth-order valence-corrected chi connectivity index (χ4v) is 2.87. The van der Waals surface area contributed by atoms with Gasteiger partial charge in [0, 0.05) is 8.04 Å². The molecule has 0 aliphatic heterocycles. The molecular weight excluding hydrogens is 495 g/mol. The molecule has 0 aromatic heterocycles. The monoisotopic (exact) mass is 514 g/mol. The van der Waals surface area contributed by atoms with Gasteiger partial charge in [0.05, 0.1) is 6.21 Å². The minimum Gasteiger partial charge on any atom is -0.483 e. The summed E-state index contributed by atoms with van der Waals surface area (Å²) in [5.74, 6) is 0.735. The van der Waals surface area contributed by atoms with Crippen LogP contribution in [0.2, 0.25) is 0 Å². The van der Waals surface area contributed by atoms with Crippen molar-refractivity contribution in [2.24, 2.45) is 5.10 Å². The number of hydrogen-bond donors (Lipinski definition) is 1. The summed E-state index contributed by atoms with van der Waals surface area (Å²) in [6, 6.07) is 11.8. The summed E-state index contributed by atoms with van der Waals surface area (Å²) in [5, 5.41) is 3.96. The normalized spacial score (nSPS) is 11.1. The van der Waals surface area contributed by atoms with Gasteiger partial charge in [-0.25, -0.2) is 5.43 Å². The van der Waals surface area contributed by atoms with Crippen LogP contribution in [0.15, 0.2) is 46.0 Å². The Morgan fingerprint density at radius 3 is 2.64 bits per heavy atom. The molecular formula is C19H20BrIN2O2. The Bertz CT molecular complexity index is 774. The maximum absolute atomic E-state index is 11.9. The van der Waals surface area contributed by atoms with Gasteiger partial charge in [0.15, 0.2) is 6.61 Å². The first-order chi connectivity index (χ1) is 11.9. The quantitative estimate of drug-likeness (QED) is 0.334. The minimum atomic E-state index is -0.294. The lowest BCUT2D eigenvalue weighted by Gasteiger charge is -2.15. The van der Waals surface area contributed by atoms with Crippen LogP contribution in [0.25, 0.3) is 0 Å². The van der Waals surface area contributed by atoms with Gasteiger partial charge in [-0.2, -0.15) is 5.10 Å². The number of amides is 1. The van der Waals surface area contributed by atoms with Crippen molar-refractivity contribution in [1.82, 2.24) is 5.43 Å². The van der Waals surface area contributed by atoms with E-state index < -0.39 is 0 Å². The molecule has 0 bridgehead atoms. The highest BCUT2D eigenvalue weighted by Gasteiger charge is 2.12. The van der Waals surface area contributed by atoms with Crippen LogP contribution in [0.3, 0.4) is 0 Å². The SMILES string of the molecule is Cc1cc(OCC(=O)N/N=C/c2ccc(I)cc2)c(C(C)C)cc1Br. The molecule has 0 aliphatic rings. The fraction of sp³-hybridized carbons (Fsp3) is 0.263. The third-order valence-corrected chi connectivity index (χ3v) is 5.12. The third kappa shape index (κ3) is 6.11. The molecule has 25 heavy (non-hydrogen) atoms. The molecule has 0 atom stereocenters. The predicted molar refractivity (Wildman–Crippen MR) is 113 cm³/mol. The fourth-order valence-electron chi connectivity index (χ4n) is 2.15. The van der Waals surface area contributed by atoms with Crippen LogP contribution >= 0.6 is 38.5 Å². The van der Waals surface area contributed by atoms with Crippen LogP contribution in [0.4, 0.5) is 0 Å². The summed E-state index contributed by atoms with van der Waals surface area (Å²) in [6.45, 7) is 6.10. The van der Waals surface area contributed by atoms with Gasteiger partial charge in [0.1, 0.15) is 5.75 Å². The zero-order valence-electron chi connectivity index (χ0n) is 14.3. The summed E-state index contributed by atoms with van der Waals surface area (Å²) in [5.41, 5.74) is 5.54. The number of ether oxygens (including phenoxy) is 1. The third-order valence-electron chi connectivity index (χ3n) is 3.54. The second-order valence-corrected chi connectivity index (χ2v) is 8.03. The number of aryl methyl sites for hydroxylation is 1. The zero-order valence-corrected chi connectivity index (χ0v) is 18.1. The van der Waals surface area contributed by atoms with Crippen molar-refractivity contribution in [3.63, 3.8) is 0 Å². The molecule has 4 nitrogen and oxygen atoms in total.